The van der Waals surface area contributed by atoms with Crippen LogP contribution < -0.4 is 10.6 Å². The maximum absolute atomic E-state index is 10.8. The van der Waals surface area contributed by atoms with Crippen LogP contribution in [0.5, 0.6) is 0 Å². The summed E-state index contributed by atoms with van der Waals surface area (Å²) in [5.74, 6) is 0.0983. The molecule has 0 aliphatic carbocycles. The molecule has 2 N–H and O–H groups in total. The third-order valence-corrected chi connectivity index (χ3v) is 2.25. The number of ether oxygens (including phenoxy) is 1. The van der Waals surface area contributed by atoms with E-state index in [2.05, 4.69) is 15.4 Å². The van der Waals surface area contributed by atoms with Gasteiger partial charge in [-0.25, -0.2) is 4.79 Å². The number of hydrogen-bond acceptors (Lipinski definition) is 3. The van der Waals surface area contributed by atoms with Gasteiger partial charge in [-0.1, -0.05) is 18.2 Å². The lowest BCUT2D eigenvalue weighted by molar-refractivity contribution is -0.115. The van der Waals surface area contributed by atoms with E-state index < -0.39 is 0 Å². The van der Waals surface area contributed by atoms with Crippen LogP contribution in [0.1, 0.15) is 5.56 Å². The highest BCUT2D eigenvalue weighted by molar-refractivity contribution is 5.98. The molecule has 0 unspecified atom stereocenters. The topological polar surface area (TPSA) is 67.4 Å². The van der Waals surface area contributed by atoms with E-state index in [0.717, 1.165) is 11.3 Å². The van der Waals surface area contributed by atoms with Crippen molar-refractivity contribution in [1.29, 1.82) is 0 Å². The fourth-order valence-corrected chi connectivity index (χ4v) is 1.51. The van der Waals surface area contributed by atoms with Crippen LogP contribution in [0.4, 0.5) is 10.5 Å². The Balaban J connectivity index is 0.000000138. The molecule has 0 spiro atoms. The molecule has 0 atom stereocenters. The van der Waals surface area contributed by atoms with Crippen LogP contribution in [0, 0.1) is 0 Å². The van der Waals surface area contributed by atoms with Crippen LogP contribution in [0.3, 0.4) is 0 Å². The Labute approximate surface area is 92.8 Å². The number of rotatable bonds is 0. The van der Waals surface area contributed by atoms with Crippen molar-refractivity contribution in [2.45, 2.75) is 6.42 Å². The predicted molar refractivity (Wildman–Crippen MR) is 58.1 cm³/mol. The predicted octanol–water partition coefficient (Wildman–Crippen LogP) is 0.907. The maximum Gasteiger partial charge on any atom is 0.407 e. The molecule has 0 saturated carbocycles. The number of hydrogen-bond donors (Lipinski definition) is 2. The summed E-state index contributed by atoms with van der Waals surface area (Å²) < 4.78 is 4.40. The number of nitrogens with one attached hydrogen (secondary N) is 2. The molecule has 1 aromatic rings. The molecule has 1 fully saturated rings. The van der Waals surface area contributed by atoms with Gasteiger partial charge < -0.3 is 15.4 Å². The molecule has 2 aliphatic rings. The molecular weight excluding hydrogens is 208 g/mol. The molecule has 5 nitrogen and oxygen atoms in total. The second-order valence-corrected chi connectivity index (χ2v) is 3.44. The molecule has 84 valence electrons. The van der Waals surface area contributed by atoms with Gasteiger partial charge in [-0.3, -0.25) is 4.79 Å². The zero-order chi connectivity index (χ0) is 11.4. The van der Waals surface area contributed by atoms with Gasteiger partial charge in [-0.2, -0.15) is 0 Å². The molecule has 1 saturated heterocycles. The first-order chi connectivity index (χ1) is 7.75. The number of fused-ring (bicyclic) bond motifs is 1. The summed E-state index contributed by atoms with van der Waals surface area (Å²) in [6, 6.07) is 7.75. The van der Waals surface area contributed by atoms with Crippen molar-refractivity contribution in [1.82, 2.24) is 5.32 Å². The van der Waals surface area contributed by atoms with Crippen molar-refractivity contribution in [2.24, 2.45) is 0 Å². The van der Waals surface area contributed by atoms with E-state index in [1.165, 1.54) is 0 Å². The van der Waals surface area contributed by atoms with Gasteiger partial charge in [0.15, 0.2) is 0 Å². The minimum atomic E-state index is -0.296. The van der Waals surface area contributed by atoms with Crippen LogP contribution in [-0.2, 0) is 16.0 Å². The van der Waals surface area contributed by atoms with E-state index in [1.807, 2.05) is 24.3 Å². The molecule has 16 heavy (non-hydrogen) atoms. The van der Waals surface area contributed by atoms with Crippen molar-refractivity contribution in [3.05, 3.63) is 29.8 Å². The SMILES string of the molecule is O=C1Cc2ccccc2N1.O=C1NCCO1. The molecule has 5 heteroatoms. The second-order valence-electron chi connectivity index (χ2n) is 3.44. The minimum absolute atomic E-state index is 0.0983. The minimum Gasteiger partial charge on any atom is -0.448 e. The molecule has 3 rings (SSSR count). The third-order valence-electron chi connectivity index (χ3n) is 2.25. The van der Waals surface area contributed by atoms with Gasteiger partial charge in [0.25, 0.3) is 0 Å². The first-order valence-electron chi connectivity index (χ1n) is 5.04. The zero-order valence-electron chi connectivity index (χ0n) is 8.66. The van der Waals surface area contributed by atoms with Crippen molar-refractivity contribution in [3.8, 4) is 0 Å². The molecule has 2 amide bonds. The molecule has 1 aromatic carbocycles. The molecule has 2 aliphatic heterocycles. The number of cyclic esters (lactones) is 1. The Hall–Kier alpha value is -2.04. The largest absolute Gasteiger partial charge is 0.448 e. The van der Waals surface area contributed by atoms with Crippen LogP contribution in [0.25, 0.3) is 0 Å². The van der Waals surface area contributed by atoms with Gasteiger partial charge in [0, 0.05) is 5.69 Å². The van der Waals surface area contributed by atoms with Gasteiger partial charge in [-0.15, -0.1) is 0 Å². The van der Waals surface area contributed by atoms with Gasteiger partial charge in [0.05, 0.1) is 13.0 Å². The summed E-state index contributed by atoms with van der Waals surface area (Å²) >= 11 is 0. The first kappa shape index (κ1) is 10.5. The summed E-state index contributed by atoms with van der Waals surface area (Å²) in [5, 5.41) is 5.22. The lowest BCUT2D eigenvalue weighted by atomic mass is 10.2. The lowest BCUT2D eigenvalue weighted by Crippen LogP contribution is -2.11. The van der Waals surface area contributed by atoms with E-state index in [0.29, 0.717) is 19.6 Å². The Kier molecular flexibility index (Phi) is 3.05. The molecular formula is C11H12N2O3. The highest BCUT2D eigenvalue weighted by Crippen LogP contribution is 2.20. The monoisotopic (exact) mass is 220 g/mol. The first-order valence-corrected chi connectivity index (χ1v) is 5.04. The van der Waals surface area contributed by atoms with Crippen molar-refractivity contribution >= 4 is 17.7 Å². The lowest BCUT2D eigenvalue weighted by Gasteiger charge is -1.93. The van der Waals surface area contributed by atoms with E-state index in [4.69, 9.17) is 0 Å². The van der Waals surface area contributed by atoms with Gasteiger partial charge in [0.2, 0.25) is 5.91 Å². The summed E-state index contributed by atoms with van der Waals surface area (Å²) in [6.45, 7) is 1.19. The third kappa shape index (κ3) is 2.50. The van der Waals surface area contributed by atoms with Crippen molar-refractivity contribution < 1.29 is 14.3 Å². The number of para-hydroxylation sites is 1. The summed E-state index contributed by atoms with van der Waals surface area (Å²) in [6.07, 6.45) is 0.242. The summed E-state index contributed by atoms with van der Waals surface area (Å²) in [7, 11) is 0. The average Bonchev–Trinajstić information content (AvgIpc) is 2.86. The standard InChI is InChI=1S/C8H7NO.C3H5NO2/c10-8-5-6-3-1-2-4-7(6)9-8;5-3-4-1-2-6-3/h1-4H,5H2,(H,9,10);1-2H2,(H,4,5). The number of amides is 2. The van der Waals surface area contributed by atoms with Crippen LogP contribution >= 0.6 is 0 Å². The number of benzene rings is 1. The summed E-state index contributed by atoms with van der Waals surface area (Å²) in [5.41, 5.74) is 2.07. The zero-order valence-corrected chi connectivity index (χ0v) is 8.66. The highest BCUT2D eigenvalue weighted by Gasteiger charge is 2.15. The average molecular weight is 220 g/mol. The van der Waals surface area contributed by atoms with Crippen molar-refractivity contribution in [3.63, 3.8) is 0 Å². The normalized spacial score (nSPS) is 16.5. The Morgan fingerprint density at radius 1 is 1.19 bits per heavy atom. The highest BCUT2D eigenvalue weighted by atomic mass is 16.6. The number of carbonyl (C=O) groups excluding carboxylic acids is 2. The Morgan fingerprint density at radius 2 is 2.00 bits per heavy atom. The van der Waals surface area contributed by atoms with Gasteiger partial charge in [0.1, 0.15) is 6.61 Å². The summed E-state index contributed by atoms with van der Waals surface area (Å²) in [4.78, 5) is 20.7. The number of anilines is 1. The van der Waals surface area contributed by atoms with E-state index in [1.54, 1.807) is 0 Å². The van der Waals surface area contributed by atoms with Gasteiger partial charge in [-0.05, 0) is 11.6 Å². The molecule has 0 aromatic heterocycles. The van der Waals surface area contributed by atoms with E-state index in [9.17, 15) is 9.59 Å². The fourth-order valence-electron chi connectivity index (χ4n) is 1.51. The van der Waals surface area contributed by atoms with Crippen LogP contribution in [0.2, 0.25) is 0 Å². The molecule has 0 radical (unpaired) electrons. The fraction of sp³-hybridized carbons (Fsp3) is 0.273. The van der Waals surface area contributed by atoms with E-state index in [-0.39, 0.29) is 12.0 Å². The van der Waals surface area contributed by atoms with Crippen LogP contribution in [-0.4, -0.2) is 25.2 Å². The molecule has 2 heterocycles. The maximum atomic E-state index is 10.8. The van der Waals surface area contributed by atoms with Gasteiger partial charge >= 0.3 is 6.09 Å². The second kappa shape index (κ2) is 4.65. The number of carbonyl (C=O) groups is 2. The van der Waals surface area contributed by atoms with Crippen molar-refractivity contribution in [2.75, 3.05) is 18.5 Å². The van der Waals surface area contributed by atoms with E-state index >= 15 is 0 Å². The Bertz CT molecular complexity index is 382. The molecule has 0 bridgehead atoms. The Morgan fingerprint density at radius 3 is 2.56 bits per heavy atom. The smallest absolute Gasteiger partial charge is 0.407 e. The quantitative estimate of drug-likeness (QED) is 0.682. The number of alkyl carbamates (subject to hydrolysis) is 1. The van der Waals surface area contributed by atoms with Crippen LogP contribution in [0.15, 0.2) is 24.3 Å².